The molecule has 2 aromatic heterocycles. The number of aromatic amines is 1. The molecule has 0 aliphatic heterocycles. The Morgan fingerprint density at radius 1 is 1.63 bits per heavy atom. The normalized spacial score (nSPS) is 10.6. The Kier molecular flexibility index (Phi) is 4.67. The molecule has 3 N–H and O–H groups in total. The third kappa shape index (κ3) is 4.12. The van der Waals surface area contributed by atoms with Crippen LogP contribution >= 0.6 is 34.7 Å². The van der Waals surface area contributed by atoms with Gasteiger partial charge < -0.3 is 10.6 Å². The number of carbonyl (C=O) groups is 1. The van der Waals surface area contributed by atoms with Crippen molar-refractivity contribution in [3.63, 3.8) is 0 Å². The molecule has 0 aromatic carbocycles. The lowest BCUT2D eigenvalue weighted by molar-refractivity contribution is -0.127. The zero-order valence-electron chi connectivity index (χ0n) is 10.1. The Bertz CT molecular complexity index is 570. The summed E-state index contributed by atoms with van der Waals surface area (Å²) in [4.78, 5) is 18.5. The van der Waals surface area contributed by atoms with Gasteiger partial charge in [0, 0.05) is 11.9 Å². The topological polar surface area (TPSA) is 87.9 Å². The molecule has 2 aromatic rings. The number of thiophene rings is 1. The van der Waals surface area contributed by atoms with Crippen LogP contribution in [0.5, 0.6) is 0 Å². The maximum Gasteiger partial charge on any atom is 0.233 e. The number of H-pyrrole nitrogens is 1. The molecule has 0 bridgehead atoms. The summed E-state index contributed by atoms with van der Waals surface area (Å²) in [6.07, 6.45) is 0. The van der Waals surface area contributed by atoms with Gasteiger partial charge >= 0.3 is 0 Å². The molecule has 0 saturated carbocycles. The van der Waals surface area contributed by atoms with Crippen LogP contribution in [0.25, 0.3) is 0 Å². The van der Waals surface area contributed by atoms with Crippen LogP contribution in [0.3, 0.4) is 0 Å². The van der Waals surface area contributed by atoms with Crippen molar-refractivity contribution in [2.75, 3.05) is 18.5 Å². The van der Waals surface area contributed by atoms with E-state index in [4.69, 9.17) is 17.3 Å². The molecule has 6 nitrogen and oxygen atoms in total. The fraction of sp³-hybridized carbons (Fsp3) is 0.300. The number of aromatic nitrogens is 3. The summed E-state index contributed by atoms with van der Waals surface area (Å²) >= 11 is 8.56. The number of hydrogen-bond acceptors (Lipinski definition) is 6. The van der Waals surface area contributed by atoms with E-state index in [1.807, 2.05) is 12.1 Å². The van der Waals surface area contributed by atoms with E-state index in [2.05, 4.69) is 15.2 Å². The molecule has 0 aliphatic carbocycles. The van der Waals surface area contributed by atoms with Crippen molar-refractivity contribution in [2.45, 2.75) is 11.7 Å². The van der Waals surface area contributed by atoms with E-state index in [9.17, 15) is 4.79 Å². The number of amides is 1. The Labute approximate surface area is 123 Å². The third-order valence-corrected chi connectivity index (χ3v) is 4.30. The minimum atomic E-state index is -0.00195. The number of rotatable bonds is 5. The summed E-state index contributed by atoms with van der Waals surface area (Å²) in [5.41, 5.74) is 5.40. The number of nitrogen functional groups attached to an aromatic ring is 1. The second-order valence-corrected chi connectivity index (χ2v) is 6.49. The van der Waals surface area contributed by atoms with Gasteiger partial charge in [0.05, 0.1) is 16.6 Å². The Hall–Kier alpha value is -1.25. The molecule has 2 rings (SSSR count). The monoisotopic (exact) mass is 317 g/mol. The van der Waals surface area contributed by atoms with Crippen molar-refractivity contribution in [2.24, 2.45) is 0 Å². The predicted molar refractivity (Wildman–Crippen MR) is 77.3 cm³/mol. The van der Waals surface area contributed by atoms with Crippen LogP contribution in [0.2, 0.25) is 4.34 Å². The number of hydrogen-bond donors (Lipinski definition) is 2. The molecule has 0 saturated heterocycles. The lowest BCUT2D eigenvalue weighted by atomic mass is 10.4. The van der Waals surface area contributed by atoms with Gasteiger partial charge in [-0.05, 0) is 12.1 Å². The highest BCUT2D eigenvalue weighted by atomic mass is 35.5. The molecule has 0 radical (unpaired) electrons. The zero-order chi connectivity index (χ0) is 13.8. The van der Waals surface area contributed by atoms with E-state index < -0.39 is 0 Å². The van der Waals surface area contributed by atoms with Crippen LogP contribution < -0.4 is 5.73 Å². The smallest absolute Gasteiger partial charge is 0.233 e. The summed E-state index contributed by atoms with van der Waals surface area (Å²) in [5.74, 6) is 0.516. The van der Waals surface area contributed by atoms with Crippen LogP contribution in [0, 0.1) is 0 Å². The molecular formula is C10H12ClN5OS2. The molecule has 0 unspecified atom stereocenters. The van der Waals surface area contributed by atoms with E-state index in [0.717, 1.165) is 9.21 Å². The first kappa shape index (κ1) is 14.2. The van der Waals surface area contributed by atoms with Crippen molar-refractivity contribution in [1.29, 1.82) is 0 Å². The number of carbonyl (C=O) groups excluding carboxylic acids is 1. The molecule has 19 heavy (non-hydrogen) atoms. The Morgan fingerprint density at radius 2 is 2.42 bits per heavy atom. The first-order valence-electron chi connectivity index (χ1n) is 5.33. The maximum atomic E-state index is 11.9. The summed E-state index contributed by atoms with van der Waals surface area (Å²) in [7, 11) is 1.75. The third-order valence-electron chi connectivity index (χ3n) is 2.25. The second-order valence-electron chi connectivity index (χ2n) is 3.75. The fourth-order valence-corrected chi connectivity index (χ4v) is 3.20. The van der Waals surface area contributed by atoms with Crippen molar-refractivity contribution in [1.82, 2.24) is 20.1 Å². The second kappa shape index (κ2) is 6.27. The van der Waals surface area contributed by atoms with Crippen LogP contribution in [-0.2, 0) is 11.3 Å². The van der Waals surface area contributed by atoms with Crippen LogP contribution in [0.1, 0.15) is 4.88 Å². The first-order chi connectivity index (χ1) is 9.04. The van der Waals surface area contributed by atoms with Crippen molar-refractivity contribution >= 4 is 46.6 Å². The van der Waals surface area contributed by atoms with Gasteiger partial charge in [-0.25, -0.2) is 5.10 Å². The van der Waals surface area contributed by atoms with Gasteiger partial charge in [-0.2, -0.15) is 4.98 Å². The molecule has 2 heterocycles. The highest BCUT2D eigenvalue weighted by Crippen LogP contribution is 2.22. The predicted octanol–water partition coefficient (Wildman–Crippen LogP) is 1.85. The number of anilines is 1. The minimum Gasteiger partial charge on any atom is -0.368 e. The maximum absolute atomic E-state index is 11.9. The molecule has 0 fully saturated rings. The molecule has 0 atom stereocenters. The fourth-order valence-electron chi connectivity index (χ4n) is 1.32. The van der Waals surface area contributed by atoms with Gasteiger partial charge in [0.2, 0.25) is 17.0 Å². The SMILES string of the molecule is CN(Cc1ccc(Cl)s1)C(=O)CSc1n[nH]c(N)n1. The zero-order valence-corrected chi connectivity index (χ0v) is 12.5. The number of nitrogens with zero attached hydrogens (tertiary/aromatic N) is 3. The van der Waals surface area contributed by atoms with Crippen molar-refractivity contribution in [3.05, 3.63) is 21.3 Å². The summed E-state index contributed by atoms with van der Waals surface area (Å²) in [6.45, 7) is 0.549. The largest absolute Gasteiger partial charge is 0.368 e. The van der Waals surface area contributed by atoms with E-state index in [-0.39, 0.29) is 17.6 Å². The minimum absolute atomic E-state index is 0.00195. The number of nitrogens with two attached hydrogens (primary N) is 1. The summed E-state index contributed by atoms with van der Waals surface area (Å²) in [5, 5.41) is 6.84. The van der Waals surface area contributed by atoms with Gasteiger partial charge in [-0.1, -0.05) is 23.4 Å². The molecule has 0 spiro atoms. The van der Waals surface area contributed by atoms with E-state index >= 15 is 0 Å². The van der Waals surface area contributed by atoms with Gasteiger partial charge in [-0.3, -0.25) is 4.79 Å². The van der Waals surface area contributed by atoms with E-state index in [1.54, 1.807) is 11.9 Å². The van der Waals surface area contributed by atoms with Crippen molar-refractivity contribution < 1.29 is 4.79 Å². The van der Waals surface area contributed by atoms with Crippen LogP contribution in [-0.4, -0.2) is 38.8 Å². The number of thioether (sulfide) groups is 1. The molecule has 102 valence electrons. The molecule has 1 amide bonds. The van der Waals surface area contributed by atoms with Crippen molar-refractivity contribution in [3.8, 4) is 0 Å². The van der Waals surface area contributed by atoms with Gasteiger partial charge in [0.25, 0.3) is 0 Å². The average molecular weight is 318 g/mol. The number of halogens is 1. The first-order valence-corrected chi connectivity index (χ1v) is 7.51. The summed E-state index contributed by atoms with van der Waals surface area (Å²) < 4.78 is 0.724. The summed E-state index contributed by atoms with van der Waals surface area (Å²) in [6, 6.07) is 3.74. The lowest BCUT2D eigenvalue weighted by Crippen LogP contribution is -2.27. The molecule has 0 aliphatic rings. The average Bonchev–Trinajstić information content (AvgIpc) is 2.95. The Balaban J connectivity index is 1.82. The van der Waals surface area contributed by atoms with Crippen LogP contribution in [0.15, 0.2) is 17.3 Å². The highest BCUT2D eigenvalue weighted by molar-refractivity contribution is 7.99. The Morgan fingerprint density at radius 3 is 3.00 bits per heavy atom. The van der Waals surface area contributed by atoms with E-state index in [1.165, 1.54) is 23.1 Å². The van der Waals surface area contributed by atoms with Crippen LogP contribution in [0.4, 0.5) is 5.95 Å². The quantitative estimate of drug-likeness (QED) is 0.822. The molecule has 9 heteroatoms. The highest BCUT2D eigenvalue weighted by Gasteiger charge is 2.12. The van der Waals surface area contributed by atoms with Gasteiger partial charge in [-0.15, -0.1) is 16.4 Å². The standard InChI is InChI=1S/C10H12ClN5OS2/c1-16(4-6-2-3-7(11)19-6)8(17)5-18-10-13-9(12)14-15-10/h2-3H,4-5H2,1H3,(H3,12,13,14,15). The number of nitrogens with one attached hydrogen (secondary N) is 1. The lowest BCUT2D eigenvalue weighted by Gasteiger charge is -2.15. The molecular weight excluding hydrogens is 306 g/mol. The van der Waals surface area contributed by atoms with E-state index in [0.29, 0.717) is 11.7 Å². The van der Waals surface area contributed by atoms with Gasteiger partial charge in [0.15, 0.2) is 0 Å². The van der Waals surface area contributed by atoms with Gasteiger partial charge in [0.1, 0.15) is 0 Å².